The number of aromatic nitrogens is 3. The molecule has 0 radical (unpaired) electrons. The monoisotopic (exact) mass is 395 g/mol. The number of halogens is 1. The van der Waals surface area contributed by atoms with E-state index in [1.807, 2.05) is 12.3 Å². The lowest BCUT2D eigenvalue weighted by molar-refractivity contribution is 0.477. The highest BCUT2D eigenvalue weighted by atomic mass is 32.2. The van der Waals surface area contributed by atoms with E-state index in [-0.39, 0.29) is 5.82 Å². The molecule has 0 fully saturated rings. The van der Waals surface area contributed by atoms with Gasteiger partial charge in [-0.05, 0) is 55.4 Å². The van der Waals surface area contributed by atoms with Crippen LogP contribution in [0.4, 0.5) is 10.1 Å². The van der Waals surface area contributed by atoms with E-state index in [2.05, 4.69) is 39.2 Å². The van der Waals surface area contributed by atoms with E-state index in [1.165, 1.54) is 6.07 Å². The summed E-state index contributed by atoms with van der Waals surface area (Å²) in [6, 6.07) is 4.98. The molecule has 0 aliphatic carbocycles. The number of anilines is 1. The third kappa shape index (κ3) is 5.95. The molecule has 2 rings (SSSR count). The zero-order chi connectivity index (χ0) is 19.1. The molecule has 1 aromatic heterocycles. The SMILES string of the molecule is CSc1nnc(CCCNC(=S)Nc2ccc(C)c(F)c2)n1CC(C)C. The van der Waals surface area contributed by atoms with Gasteiger partial charge in [-0.15, -0.1) is 10.2 Å². The standard InChI is InChI=1S/C18H26FN5S2/c1-12(2)11-24-16(22-23-18(24)26-4)6-5-9-20-17(25)21-14-8-7-13(3)15(19)10-14/h7-8,10,12H,5-6,9,11H2,1-4H3,(H2,20,21,25). The van der Waals surface area contributed by atoms with E-state index < -0.39 is 0 Å². The van der Waals surface area contributed by atoms with Crippen molar-refractivity contribution >= 4 is 34.8 Å². The summed E-state index contributed by atoms with van der Waals surface area (Å²) in [4.78, 5) is 0. The number of aryl methyl sites for hydroxylation is 2. The van der Waals surface area contributed by atoms with Crippen LogP contribution in [0.5, 0.6) is 0 Å². The molecule has 0 spiro atoms. The molecule has 0 atom stereocenters. The Labute approximate surface area is 164 Å². The van der Waals surface area contributed by atoms with Gasteiger partial charge in [-0.25, -0.2) is 4.39 Å². The zero-order valence-corrected chi connectivity index (χ0v) is 17.3. The molecule has 142 valence electrons. The maximum Gasteiger partial charge on any atom is 0.190 e. The highest BCUT2D eigenvalue weighted by Gasteiger charge is 2.12. The van der Waals surface area contributed by atoms with E-state index in [0.717, 1.165) is 30.4 Å². The second-order valence-corrected chi connectivity index (χ2v) is 7.74. The van der Waals surface area contributed by atoms with Crippen LogP contribution in [0.15, 0.2) is 23.4 Å². The molecule has 0 amide bonds. The van der Waals surface area contributed by atoms with Gasteiger partial charge in [0, 0.05) is 25.2 Å². The minimum atomic E-state index is -0.244. The topological polar surface area (TPSA) is 54.8 Å². The molecule has 5 nitrogen and oxygen atoms in total. The highest BCUT2D eigenvalue weighted by Crippen LogP contribution is 2.17. The second-order valence-electron chi connectivity index (χ2n) is 6.56. The molecular formula is C18H26FN5S2. The predicted octanol–water partition coefficient (Wildman–Crippen LogP) is 4.02. The fourth-order valence-corrected chi connectivity index (χ4v) is 3.24. The molecule has 1 aromatic carbocycles. The van der Waals surface area contributed by atoms with Crippen molar-refractivity contribution in [1.29, 1.82) is 0 Å². The smallest absolute Gasteiger partial charge is 0.190 e. The van der Waals surface area contributed by atoms with E-state index in [1.54, 1.807) is 24.8 Å². The van der Waals surface area contributed by atoms with Crippen LogP contribution in [0.1, 0.15) is 31.7 Å². The third-order valence-corrected chi connectivity index (χ3v) is 4.73. The van der Waals surface area contributed by atoms with Crippen molar-refractivity contribution in [2.75, 3.05) is 18.1 Å². The number of thioether (sulfide) groups is 1. The zero-order valence-electron chi connectivity index (χ0n) is 15.7. The van der Waals surface area contributed by atoms with Crippen LogP contribution >= 0.6 is 24.0 Å². The largest absolute Gasteiger partial charge is 0.362 e. The fourth-order valence-electron chi connectivity index (χ4n) is 2.50. The number of nitrogens with one attached hydrogen (secondary N) is 2. The van der Waals surface area contributed by atoms with Crippen molar-refractivity contribution in [3.63, 3.8) is 0 Å². The maximum atomic E-state index is 13.6. The Hall–Kier alpha value is -1.67. The lowest BCUT2D eigenvalue weighted by Crippen LogP contribution is -2.29. The van der Waals surface area contributed by atoms with Crippen LogP contribution < -0.4 is 10.6 Å². The number of benzene rings is 1. The molecular weight excluding hydrogens is 369 g/mol. The molecule has 0 saturated carbocycles. The van der Waals surface area contributed by atoms with E-state index in [4.69, 9.17) is 12.2 Å². The Morgan fingerprint density at radius 2 is 2.12 bits per heavy atom. The number of nitrogens with zero attached hydrogens (tertiary/aromatic N) is 3. The van der Waals surface area contributed by atoms with Gasteiger partial charge < -0.3 is 15.2 Å². The Morgan fingerprint density at radius 3 is 2.77 bits per heavy atom. The molecule has 0 unspecified atom stereocenters. The van der Waals surface area contributed by atoms with Gasteiger partial charge in [-0.1, -0.05) is 31.7 Å². The number of rotatable bonds is 8. The van der Waals surface area contributed by atoms with E-state index in [0.29, 0.717) is 28.8 Å². The molecule has 8 heteroatoms. The lowest BCUT2D eigenvalue weighted by Gasteiger charge is -2.13. The van der Waals surface area contributed by atoms with Crippen LogP contribution in [0.2, 0.25) is 0 Å². The minimum absolute atomic E-state index is 0.244. The van der Waals surface area contributed by atoms with Crippen LogP contribution in [-0.4, -0.2) is 32.7 Å². The second kappa shape index (κ2) is 9.87. The van der Waals surface area contributed by atoms with Crippen molar-refractivity contribution < 1.29 is 4.39 Å². The van der Waals surface area contributed by atoms with Gasteiger partial charge in [0.2, 0.25) is 0 Å². The normalized spacial score (nSPS) is 11.0. The molecule has 26 heavy (non-hydrogen) atoms. The summed E-state index contributed by atoms with van der Waals surface area (Å²) in [5.74, 6) is 1.30. The average molecular weight is 396 g/mol. The van der Waals surface area contributed by atoms with Gasteiger partial charge in [0.05, 0.1) is 0 Å². The van der Waals surface area contributed by atoms with Crippen molar-refractivity contribution in [1.82, 2.24) is 20.1 Å². The summed E-state index contributed by atoms with van der Waals surface area (Å²) in [6.07, 6.45) is 3.73. The van der Waals surface area contributed by atoms with Crippen LogP contribution in [0.3, 0.4) is 0 Å². The van der Waals surface area contributed by atoms with Gasteiger partial charge in [0.15, 0.2) is 10.3 Å². The summed E-state index contributed by atoms with van der Waals surface area (Å²) in [7, 11) is 0. The Morgan fingerprint density at radius 1 is 1.35 bits per heavy atom. The van der Waals surface area contributed by atoms with Crippen molar-refractivity contribution in [2.24, 2.45) is 5.92 Å². The highest BCUT2D eigenvalue weighted by molar-refractivity contribution is 7.98. The first kappa shape index (κ1) is 20.6. The first-order valence-corrected chi connectivity index (χ1v) is 10.3. The summed E-state index contributed by atoms with van der Waals surface area (Å²) in [5, 5.41) is 16.2. The van der Waals surface area contributed by atoms with E-state index in [9.17, 15) is 4.39 Å². The Kier molecular flexibility index (Phi) is 7.84. The number of thiocarbonyl (C=S) groups is 1. The molecule has 0 aliphatic rings. The molecule has 0 bridgehead atoms. The number of hydrogen-bond donors (Lipinski definition) is 2. The maximum absolute atomic E-state index is 13.6. The summed E-state index contributed by atoms with van der Waals surface area (Å²) in [5.41, 5.74) is 1.26. The quantitative estimate of drug-likeness (QED) is 0.400. The molecule has 0 aliphatic heterocycles. The van der Waals surface area contributed by atoms with Gasteiger partial charge in [-0.3, -0.25) is 0 Å². The fraction of sp³-hybridized carbons (Fsp3) is 0.500. The van der Waals surface area contributed by atoms with Crippen LogP contribution in [-0.2, 0) is 13.0 Å². The van der Waals surface area contributed by atoms with Gasteiger partial charge in [0.1, 0.15) is 11.6 Å². The Bertz CT molecular complexity index is 745. The van der Waals surface area contributed by atoms with Crippen molar-refractivity contribution in [3.05, 3.63) is 35.4 Å². The third-order valence-electron chi connectivity index (χ3n) is 3.82. The van der Waals surface area contributed by atoms with Gasteiger partial charge in [-0.2, -0.15) is 0 Å². The summed E-state index contributed by atoms with van der Waals surface area (Å²) >= 11 is 6.88. The average Bonchev–Trinajstić information content (AvgIpc) is 2.96. The van der Waals surface area contributed by atoms with Crippen LogP contribution in [0, 0.1) is 18.7 Å². The van der Waals surface area contributed by atoms with E-state index >= 15 is 0 Å². The van der Waals surface area contributed by atoms with Crippen LogP contribution in [0.25, 0.3) is 0 Å². The molecule has 0 saturated heterocycles. The van der Waals surface area contributed by atoms with Gasteiger partial charge in [0.25, 0.3) is 0 Å². The first-order chi connectivity index (χ1) is 12.4. The molecule has 1 heterocycles. The van der Waals surface area contributed by atoms with Gasteiger partial charge >= 0.3 is 0 Å². The van der Waals surface area contributed by atoms with Crippen molar-refractivity contribution in [2.45, 2.75) is 45.3 Å². The minimum Gasteiger partial charge on any atom is -0.362 e. The number of hydrogen-bond acceptors (Lipinski definition) is 4. The lowest BCUT2D eigenvalue weighted by atomic mass is 10.2. The Balaban J connectivity index is 1.80. The molecule has 2 N–H and O–H groups in total. The molecule has 2 aromatic rings. The summed E-state index contributed by atoms with van der Waals surface area (Å²) in [6.45, 7) is 7.74. The summed E-state index contributed by atoms with van der Waals surface area (Å²) < 4.78 is 15.8. The predicted molar refractivity (Wildman–Crippen MR) is 110 cm³/mol. The first-order valence-electron chi connectivity index (χ1n) is 8.67. The van der Waals surface area contributed by atoms with Crippen molar-refractivity contribution in [3.8, 4) is 0 Å².